The van der Waals surface area contributed by atoms with Gasteiger partial charge < -0.3 is 15.0 Å². The summed E-state index contributed by atoms with van der Waals surface area (Å²) in [5.74, 6) is 2.45. The lowest BCUT2D eigenvalue weighted by atomic mass is 9.97. The van der Waals surface area contributed by atoms with E-state index in [1.165, 1.54) is 32.2 Å². The molecular formula is C14H22N4O. The van der Waals surface area contributed by atoms with Gasteiger partial charge in [0.15, 0.2) is 0 Å². The summed E-state index contributed by atoms with van der Waals surface area (Å²) in [5.41, 5.74) is 0. The van der Waals surface area contributed by atoms with Crippen molar-refractivity contribution in [1.29, 1.82) is 0 Å². The molecule has 0 atom stereocenters. The minimum absolute atomic E-state index is 0.641. The summed E-state index contributed by atoms with van der Waals surface area (Å²) in [6, 6.07) is 2.74. The van der Waals surface area contributed by atoms with Crippen LogP contribution in [0.1, 0.15) is 25.7 Å². The van der Waals surface area contributed by atoms with Crippen LogP contribution in [-0.4, -0.2) is 42.8 Å². The van der Waals surface area contributed by atoms with Gasteiger partial charge in [0, 0.05) is 25.2 Å². The number of anilines is 1. The maximum Gasteiger partial charge on any atom is 0.218 e. The average Bonchev–Trinajstić information content (AvgIpc) is 3.30. The molecule has 2 heterocycles. The second-order valence-corrected chi connectivity index (χ2v) is 5.53. The Balaban J connectivity index is 1.50. The molecular weight excluding hydrogens is 240 g/mol. The summed E-state index contributed by atoms with van der Waals surface area (Å²) >= 11 is 0. The van der Waals surface area contributed by atoms with Crippen molar-refractivity contribution in [3.63, 3.8) is 0 Å². The van der Waals surface area contributed by atoms with Crippen LogP contribution in [0.3, 0.4) is 0 Å². The van der Waals surface area contributed by atoms with E-state index in [0.717, 1.165) is 30.9 Å². The van der Waals surface area contributed by atoms with Crippen LogP contribution < -0.4 is 15.0 Å². The van der Waals surface area contributed by atoms with E-state index in [1.807, 2.05) is 6.07 Å². The molecule has 104 valence electrons. The van der Waals surface area contributed by atoms with E-state index in [9.17, 15) is 0 Å². The molecule has 1 N–H and O–H groups in total. The van der Waals surface area contributed by atoms with Crippen LogP contribution in [0.2, 0.25) is 0 Å². The highest BCUT2D eigenvalue weighted by molar-refractivity contribution is 5.41. The molecule has 5 nitrogen and oxygen atoms in total. The first-order valence-electron chi connectivity index (χ1n) is 7.19. The fraction of sp³-hybridized carbons (Fsp3) is 0.714. The van der Waals surface area contributed by atoms with Gasteiger partial charge in [0.1, 0.15) is 12.1 Å². The molecule has 19 heavy (non-hydrogen) atoms. The van der Waals surface area contributed by atoms with Gasteiger partial charge in [-0.25, -0.2) is 9.97 Å². The number of nitrogens with one attached hydrogen (secondary N) is 1. The number of rotatable bonds is 5. The molecule has 1 saturated carbocycles. The first-order valence-corrected chi connectivity index (χ1v) is 7.19. The monoisotopic (exact) mass is 262 g/mol. The van der Waals surface area contributed by atoms with Crippen LogP contribution in [0.25, 0.3) is 0 Å². The van der Waals surface area contributed by atoms with Crippen molar-refractivity contribution in [3.8, 4) is 5.88 Å². The summed E-state index contributed by atoms with van der Waals surface area (Å²) in [7, 11) is 1.64. The second-order valence-electron chi connectivity index (χ2n) is 5.53. The Bertz CT molecular complexity index is 414. The van der Waals surface area contributed by atoms with E-state index in [0.29, 0.717) is 5.88 Å². The minimum atomic E-state index is 0.641. The van der Waals surface area contributed by atoms with E-state index in [4.69, 9.17) is 4.74 Å². The molecule has 2 fully saturated rings. The smallest absolute Gasteiger partial charge is 0.218 e. The number of hydrogen-bond acceptors (Lipinski definition) is 5. The third-order valence-electron chi connectivity index (χ3n) is 4.05. The lowest BCUT2D eigenvalue weighted by Crippen LogP contribution is -2.38. The molecule has 1 aromatic rings. The van der Waals surface area contributed by atoms with Gasteiger partial charge in [-0.3, -0.25) is 0 Å². The fourth-order valence-electron chi connectivity index (χ4n) is 2.60. The van der Waals surface area contributed by atoms with Crippen molar-refractivity contribution in [2.45, 2.75) is 31.7 Å². The Kier molecular flexibility index (Phi) is 3.82. The Morgan fingerprint density at radius 2 is 2.05 bits per heavy atom. The molecule has 1 saturated heterocycles. The summed E-state index contributed by atoms with van der Waals surface area (Å²) in [4.78, 5) is 10.7. The number of hydrogen-bond donors (Lipinski definition) is 1. The zero-order chi connectivity index (χ0) is 13.1. The maximum atomic E-state index is 5.15. The van der Waals surface area contributed by atoms with Crippen LogP contribution in [-0.2, 0) is 0 Å². The number of aromatic nitrogens is 2. The number of methoxy groups -OCH3 is 1. The number of piperidine rings is 1. The predicted octanol–water partition coefficient (Wildman–Crippen LogP) is 1.45. The van der Waals surface area contributed by atoms with Gasteiger partial charge in [-0.15, -0.1) is 0 Å². The summed E-state index contributed by atoms with van der Waals surface area (Å²) in [6.45, 7) is 3.35. The molecule has 1 aliphatic heterocycles. The van der Waals surface area contributed by atoms with E-state index in [2.05, 4.69) is 20.2 Å². The molecule has 0 aromatic carbocycles. The van der Waals surface area contributed by atoms with Crippen LogP contribution >= 0.6 is 0 Å². The lowest BCUT2D eigenvalue weighted by molar-refractivity contribution is 0.378. The molecule has 0 spiro atoms. The van der Waals surface area contributed by atoms with Crippen molar-refractivity contribution in [3.05, 3.63) is 12.4 Å². The van der Waals surface area contributed by atoms with Gasteiger partial charge in [-0.2, -0.15) is 0 Å². The van der Waals surface area contributed by atoms with Gasteiger partial charge >= 0.3 is 0 Å². The molecule has 2 aliphatic rings. The fourth-order valence-corrected chi connectivity index (χ4v) is 2.60. The van der Waals surface area contributed by atoms with Crippen LogP contribution in [0.5, 0.6) is 5.88 Å². The number of nitrogens with zero attached hydrogens (tertiary/aromatic N) is 3. The third kappa shape index (κ3) is 3.35. The molecule has 0 unspecified atom stereocenters. The zero-order valence-electron chi connectivity index (χ0n) is 11.5. The minimum Gasteiger partial charge on any atom is -0.481 e. The molecule has 3 rings (SSSR count). The SMILES string of the molecule is COc1cc(N2CCC(CNC3CC3)CC2)ncn1. The molecule has 1 aromatic heterocycles. The first kappa shape index (κ1) is 12.7. The second kappa shape index (κ2) is 5.74. The van der Waals surface area contributed by atoms with E-state index in [1.54, 1.807) is 13.4 Å². The highest BCUT2D eigenvalue weighted by Crippen LogP contribution is 2.24. The topological polar surface area (TPSA) is 50.3 Å². The van der Waals surface area contributed by atoms with E-state index < -0.39 is 0 Å². The standard InChI is InChI=1S/C14H22N4O/c1-19-14-8-13(16-10-17-14)18-6-4-11(5-7-18)9-15-12-2-3-12/h8,10-12,15H,2-7,9H2,1H3. The summed E-state index contributed by atoms with van der Waals surface area (Å²) in [6.07, 6.45) is 6.81. The summed E-state index contributed by atoms with van der Waals surface area (Å²) < 4.78 is 5.15. The van der Waals surface area contributed by atoms with Crippen LogP contribution in [0, 0.1) is 5.92 Å². The average molecular weight is 262 g/mol. The van der Waals surface area contributed by atoms with Gasteiger partial charge in [0.2, 0.25) is 5.88 Å². The maximum absolute atomic E-state index is 5.15. The van der Waals surface area contributed by atoms with Crippen molar-refractivity contribution >= 4 is 5.82 Å². The molecule has 5 heteroatoms. The van der Waals surface area contributed by atoms with E-state index in [-0.39, 0.29) is 0 Å². The highest BCUT2D eigenvalue weighted by Gasteiger charge is 2.24. The van der Waals surface area contributed by atoms with Gasteiger partial charge in [0.05, 0.1) is 7.11 Å². The van der Waals surface area contributed by atoms with Crippen LogP contribution in [0.4, 0.5) is 5.82 Å². The lowest BCUT2D eigenvalue weighted by Gasteiger charge is -2.32. The van der Waals surface area contributed by atoms with Gasteiger partial charge in [-0.1, -0.05) is 0 Å². The van der Waals surface area contributed by atoms with Crippen LogP contribution in [0.15, 0.2) is 12.4 Å². The van der Waals surface area contributed by atoms with Crippen molar-refractivity contribution in [2.75, 3.05) is 31.6 Å². The van der Waals surface area contributed by atoms with Gasteiger partial charge in [-0.05, 0) is 38.1 Å². The Labute approximate surface area is 114 Å². The van der Waals surface area contributed by atoms with Crippen molar-refractivity contribution < 1.29 is 4.74 Å². The first-order chi connectivity index (χ1) is 9.35. The third-order valence-corrected chi connectivity index (χ3v) is 4.05. The predicted molar refractivity (Wildman–Crippen MR) is 74.5 cm³/mol. The Hall–Kier alpha value is -1.36. The molecule has 0 radical (unpaired) electrons. The Morgan fingerprint density at radius 1 is 1.26 bits per heavy atom. The zero-order valence-corrected chi connectivity index (χ0v) is 11.5. The quantitative estimate of drug-likeness (QED) is 0.870. The number of ether oxygens (including phenoxy) is 1. The largest absolute Gasteiger partial charge is 0.481 e. The van der Waals surface area contributed by atoms with Gasteiger partial charge in [0.25, 0.3) is 0 Å². The normalized spacial score (nSPS) is 20.6. The summed E-state index contributed by atoms with van der Waals surface area (Å²) in [5, 5.41) is 3.64. The molecule has 0 bridgehead atoms. The van der Waals surface area contributed by atoms with Crippen molar-refractivity contribution in [1.82, 2.24) is 15.3 Å². The Morgan fingerprint density at radius 3 is 2.74 bits per heavy atom. The van der Waals surface area contributed by atoms with E-state index >= 15 is 0 Å². The molecule has 1 aliphatic carbocycles. The molecule has 0 amide bonds. The highest BCUT2D eigenvalue weighted by atomic mass is 16.5. The van der Waals surface area contributed by atoms with Crippen molar-refractivity contribution in [2.24, 2.45) is 5.92 Å².